The van der Waals surface area contributed by atoms with Gasteiger partial charge in [-0.1, -0.05) is 0 Å². The average Bonchev–Trinajstić information content (AvgIpc) is 2.71. The number of carbonyl (C=O) groups excluding carboxylic acids is 1. The van der Waals surface area contributed by atoms with Crippen molar-refractivity contribution in [1.82, 2.24) is 0 Å². The van der Waals surface area contributed by atoms with E-state index in [4.69, 9.17) is 0 Å². The van der Waals surface area contributed by atoms with Crippen LogP contribution in [0.1, 0.15) is 16.1 Å². The standard InChI is InChI=1S/C9H11NO2S/c11-5-9-3-7(6-13-9)10-2-1-8(12)4-10/h3,5-6,8,12H,1-2,4H2. The summed E-state index contributed by atoms with van der Waals surface area (Å²) in [7, 11) is 0. The lowest BCUT2D eigenvalue weighted by atomic mass is 10.3. The fourth-order valence-electron chi connectivity index (χ4n) is 1.55. The smallest absolute Gasteiger partial charge is 0.160 e. The minimum Gasteiger partial charge on any atom is -0.391 e. The van der Waals surface area contributed by atoms with E-state index in [0.717, 1.165) is 29.8 Å². The summed E-state index contributed by atoms with van der Waals surface area (Å²) >= 11 is 1.45. The van der Waals surface area contributed by atoms with Crippen LogP contribution in [0.15, 0.2) is 11.4 Å². The second-order valence-electron chi connectivity index (χ2n) is 3.21. The van der Waals surface area contributed by atoms with Gasteiger partial charge in [-0.3, -0.25) is 4.79 Å². The van der Waals surface area contributed by atoms with E-state index >= 15 is 0 Å². The fourth-order valence-corrected chi connectivity index (χ4v) is 2.26. The van der Waals surface area contributed by atoms with Crippen LogP contribution in [0.5, 0.6) is 0 Å². The van der Waals surface area contributed by atoms with Gasteiger partial charge in [-0.05, 0) is 12.5 Å². The van der Waals surface area contributed by atoms with Crippen molar-refractivity contribution in [3.8, 4) is 0 Å². The number of aliphatic hydroxyl groups is 1. The molecule has 3 nitrogen and oxygen atoms in total. The lowest BCUT2D eigenvalue weighted by molar-refractivity contribution is 0.112. The molecule has 13 heavy (non-hydrogen) atoms. The molecule has 1 fully saturated rings. The Kier molecular flexibility index (Phi) is 2.33. The Labute approximate surface area is 80.6 Å². The molecule has 2 heterocycles. The Bertz CT molecular complexity index is 310. The van der Waals surface area contributed by atoms with E-state index in [1.807, 2.05) is 11.4 Å². The van der Waals surface area contributed by atoms with Crippen molar-refractivity contribution in [2.24, 2.45) is 0 Å². The van der Waals surface area contributed by atoms with Crippen LogP contribution < -0.4 is 4.90 Å². The number of carbonyl (C=O) groups is 1. The zero-order chi connectivity index (χ0) is 9.26. The van der Waals surface area contributed by atoms with Gasteiger partial charge in [0.2, 0.25) is 0 Å². The number of β-amino-alcohol motifs (C(OH)–C–C–N with tert-alkyl or cyclic N) is 1. The van der Waals surface area contributed by atoms with E-state index < -0.39 is 0 Å². The van der Waals surface area contributed by atoms with Crippen molar-refractivity contribution in [3.05, 3.63) is 16.3 Å². The SMILES string of the molecule is O=Cc1cc(N2CCC(O)C2)cs1. The normalized spacial score (nSPS) is 22.2. The Balaban J connectivity index is 2.12. The minimum absolute atomic E-state index is 0.209. The molecular weight excluding hydrogens is 186 g/mol. The molecule has 0 saturated carbocycles. The van der Waals surface area contributed by atoms with E-state index in [9.17, 15) is 9.90 Å². The summed E-state index contributed by atoms with van der Waals surface area (Å²) in [4.78, 5) is 13.3. The highest BCUT2D eigenvalue weighted by atomic mass is 32.1. The van der Waals surface area contributed by atoms with Crippen LogP contribution in [0.3, 0.4) is 0 Å². The highest BCUT2D eigenvalue weighted by molar-refractivity contribution is 7.12. The van der Waals surface area contributed by atoms with Crippen molar-refractivity contribution in [2.45, 2.75) is 12.5 Å². The number of rotatable bonds is 2. The van der Waals surface area contributed by atoms with Crippen molar-refractivity contribution in [3.63, 3.8) is 0 Å². The molecule has 0 amide bonds. The van der Waals surface area contributed by atoms with Crippen molar-refractivity contribution in [1.29, 1.82) is 0 Å². The summed E-state index contributed by atoms with van der Waals surface area (Å²) < 4.78 is 0. The summed E-state index contributed by atoms with van der Waals surface area (Å²) in [5.74, 6) is 0. The first-order valence-corrected chi connectivity index (χ1v) is 5.14. The summed E-state index contributed by atoms with van der Waals surface area (Å²) in [5.41, 5.74) is 1.06. The predicted molar refractivity (Wildman–Crippen MR) is 52.5 cm³/mol. The van der Waals surface area contributed by atoms with Crippen molar-refractivity contribution < 1.29 is 9.90 Å². The summed E-state index contributed by atoms with van der Waals surface area (Å²) in [6.07, 6.45) is 1.48. The number of aliphatic hydroxyl groups excluding tert-OH is 1. The Morgan fingerprint density at radius 2 is 2.54 bits per heavy atom. The van der Waals surface area contributed by atoms with E-state index in [0.29, 0.717) is 6.54 Å². The second-order valence-corrected chi connectivity index (χ2v) is 4.16. The van der Waals surface area contributed by atoms with Crippen LogP contribution in [-0.4, -0.2) is 30.6 Å². The average molecular weight is 197 g/mol. The zero-order valence-corrected chi connectivity index (χ0v) is 7.96. The van der Waals surface area contributed by atoms with Gasteiger partial charge in [-0.25, -0.2) is 0 Å². The minimum atomic E-state index is -0.209. The van der Waals surface area contributed by atoms with Crippen LogP contribution in [-0.2, 0) is 0 Å². The van der Waals surface area contributed by atoms with Crippen LogP contribution in [0.2, 0.25) is 0 Å². The van der Waals surface area contributed by atoms with E-state index in [-0.39, 0.29) is 6.10 Å². The maximum Gasteiger partial charge on any atom is 0.160 e. The Morgan fingerprint density at radius 3 is 3.08 bits per heavy atom. The molecule has 0 aromatic carbocycles. The number of hydrogen-bond donors (Lipinski definition) is 1. The summed E-state index contributed by atoms with van der Waals surface area (Å²) in [6, 6.07) is 1.87. The molecule has 70 valence electrons. The molecule has 1 aliphatic rings. The first-order chi connectivity index (χ1) is 6.29. The number of hydrogen-bond acceptors (Lipinski definition) is 4. The van der Waals surface area contributed by atoms with E-state index in [1.54, 1.807) is 0 Å². The van der Waals surface area contributed by atoms with Crippen LogP contribution in [0.4, 0.5) is 5.69 Å². The van der Waals surface area contributed by atoms with Crippen LogP contribution in [0, 0.1) is 0 Å². The van der Waals surface area contributed by atoms with Crippen molar-refractivity contribution in [2.75, 3.05) is 18.0 Å². The Morgan fingerprint density at radius 1 is 1.69 bits per heavy atom. The van der Waals surface area contributed by atoms with Gasteiger partial charge in [0, 0.05) is 24.2 Å². The molecule has 1 unspecified atom stereocenters. The number of anilines is 1. The zero-order valence-electron chi connectivity index (χ0n) is 7.14. The molecule has 1 N–H and O–H groups in total. The third kappa shape index (κ3) is 1.73. The summed E-state index contributed by atoms with van der Waals surface area (Å²) in [5, 5.41) is 11.3. The maximum absolute atomic E-state index is 10.4. The highest BCUT2D eigenvalue weighted by Gasteiger charge is 2.20. The third-order valence-electron chi connectivity index (χ3n) is 2.25. The quantitative estimate of drug-likeness (QED) is 0.722. The lowest BCUT2D eigenvalue weighted by Crippen LogP contribution is -2.20. The first kappa shape index (κ1) is 8.72. The van der Waals surface area contributed by atoms with Gasteiger partial charge in [0.05, 0.1) is 11.0 Å². The molecule has 1 aromatic rings. The molecule has 4 heteroatoms. The highest BCUT2D eigenvalue weighted by Crippen LogP contribution is 2.25. The molecule has 1 aliphatic heterocycles. The second kappa shape index (κ2) is 3.47. The molecule has 0 spiro atoms. The van der Waals surface area contributed by atoms with Gasteiger partial charge in [0.1, 0.15) is 0 Å². The molecule has 1 aromatic heterocycles. The van der Waals surface area contributed by atoms with Gasteiger partial charge < -0.3 is 10.0 Å². The molecular formula is C9H11NO2S. The molecule has 0 bridgehead atoms. The van der Waals surface area contributed by atoms with Gasteiger partial charge in [-0.2, -0.15) is 0 Å². The maximum atomic E-state index is 10.4. The lowest BCUT2D eigenvalue weighted by Gasteiger charge is -2.14. The van der Waals surface area contributed by atoms with E-state index in [1.165, 1.54) is 11.3 Å². The van der Waals surface area contributed by atoms with Crippen molar-refractivity contribution >= 4 is 23.3 Å². The third-order valence-corrected chi connectivity index (χ3v) is 3.10. The largest absolute Gasteiger partial charge is 0.391 e. The Hall–Kier alpha value is -0.870. The number of nitrogens with zero attached hydrogens (tertiary/aromatic N) is 1. The van der Waals surface area contributed by atoms with Crippen LogP contribution >= 0.6 is 11.3 Å². The van der Waals surface area contributed by atoms with Gasteiger partial charge >= 0.3 is 0 Å². The molecule has 1 saturated heterocycles. The van der Waals surface area contributed by atoms with E-state index in [2.05, 4.69) is 4.90 Å². The van der Waals surface area contributed by atoms with Gasteiger partial charge in [-0.15, -0.1) is 11.3 Å². The molecule has 0 radical (unpaired) electrons. The molecule has 2 rings (SSSR count). The monoisotopic (exact) mass is 197 g/mol. The number of aldehydes is 1. The predicted octanol–water partition coefficient (Wildman–Crippen LogP) is 1.13. The summed E-state index contributed by atoms with van der Waals surface area (Å²) in [6.45, 7) is 1.57. The molecule has 1 atom stereocenters. The number of thiophene rings is 1. The van der Waals surface area contributed by atoms with Crippen LogP contribution in [0.25, 0.3) is 0 Å². The van der Waals surface area contributed by atoms with Gasteiger partial charge in [0.15, 0.2) is 6.29 Å². The topological polar surface area (TPSA) is 40.5 Å². The first-order valence-electron chi connectivity index (χ1n) is 4.26. The fraction of sp³-hybridized carbons (Fsp3) is 0.444. The molecule has 0 aliphatic carbocycles. The van der Waals surface area contributed by atoms with Gasteiger partial charge in [0.25, 0.3) is 0 Å².